The molecule has 0 aromatic carbocycles. The number of rotatable bonds is 6. The highest BCUT2D eigenvalue weighted by Gasteiger charge is 1.95. The van der Waals surface area contributed by atoms with Gasteiger partial charge in [-0.3, -0.25) is 4.79 Å². The zero-order chi connectivity index (χ0) is 13.1. The van der Waals surface area contributed by atoms with Crippen LogP contribution in [-0.4, -0.2) is 15.6 Å². The van der Waals surface area contributed by atoms with Crippen LogP contribution in [0.25, 0.3) is 0 Å². The molecule has 1 heterocycles. The van der Waals surface area contributed by atoms with E-state index in [1.165, 1.54) is 44.2 Å². The molecule has 3 nitrogen and oxygen atoms in total. The summed E-state index contributed by atoms with van der Waals surface area (Å²) in [4.78, 5) is 9.00. The first-order valence-corrected chi connectivity index (χ1v) is 6.44. The van der Waals surface area contributed by atoms with Crippen LogP contribution in [0.5, 0.6) is 0 Å². The molecule has 0 unspecified atom stereocenters. The van der Waals surface area contributed by atoms with Gasteiger partial charge in [0.15, 0.2) is 0 Å². The number of hydrogen-bond donors (Lipinski definition) is 1. The van der Waals surface area contributed by atoms with Crippen molar-refractivity contribution in [2.45, 2.75) is 59.4 Å². The first kappa shape index (κ1) is 15.8. The number of hydrogen-bond acceptors (Lipinski definition) is 1. The Bertz CT molecular complexity index is 278. The van der Waals surface area contributed by atoms with Gasteiger partial charge in [0.05, 0.1) is 0 Å². The third-order valence-electron chi connectivity index (χ3n) is 2.40. The van der Waals surface area contributed by atoms with Crippen molar-refractivity contribution in [1.29, 1.82) is 0 Å². The van der Waals surface area contributed by atoms with Gasteiger partial charge in [-0.25, -0.2) is 0 Å². The summed E-state index contributed by atoms with van der Waals surface area (Å²) < 4.78 is 2.31. The molecule has 0 aliphatic carbocycles. The molecule has 0 aliphatic rings. The molecule has 0 fully saturated rings. The molecule has 1 aromatic heterocycles. The van der Waals surface area contributed by atoms with Crippen molar-refractivity contribution in [1.82, 2.24) is 4.57 Å². The van der Waals surface area contributed by atoms with Crippen molar-refractivity contribution < 1.29 is 9.90 Å². The number of carboxylic acids is 1. The zero-order valence-electron chi connectivity index (χ0n) is 11.3. The van der Waals surface area contributed by atoms with Gasteiger partial charge < -0.3 is 9.67 Å². The highest BCUT2D eigenvalue weighted by Crippen LogP contribution is 2.07. The molecule has 1 rings (SSSR count). The van der Waals surface area contributed by atoms with Crippen LogP contribution in [0.2, 0.25) is 0 Å². The van der Waals surface area contributed by atoms with E-state index in [2.05, 4.69) is 36.9 Å². The maximum atomic E-state index is 9.00. The van der Waals surface area contributed by atoms with Crippen molar-refractivity contribution in [2.75, 3.05) is 0 Å². The molecule has 0 aliphatic heterocycles. The molecule has 0 saturated carbocycles. The quantitative estimate of drug-likeness (QED) is 0.822. The van der Waals surface area contributed by atoms with E-state index in [-0.39, 0.29) is 0 Å². The Morgan fingerprint density at radius 1 is 1.29 bits per heavy atom. The lowest BCUT2D eigenvalue weighted by Gasteiger charge is -1.99. The van der Waals surface area contributed by atoms with E-state index in [0.29, 0.717) is 0 Å². The minimum absolute atomic E-state index is 0.833. The second-order valence-corrected chi connectivity index (χ2v) is 4.23. The summed E-state index contributed by atoms with van der Waals surface area (Å²) in [5.41, 5.74) is 1.50. The Balaban J connectivity index is 0.000000557. The van der Waals surface area contributed by atoms with Crippen LogP contribution in [-0.2, 0) is 17.8 Å². The van der Waals surface area contributed by atoms with E-state index < -0.39 is 5.97 Å². The summed E-state index contributed by atoms with van der Waals surface area (Å²) in [6.45, 7) is 6.75. The molecule has 0 spiro atoms. The average molecular weight is 239 g/mol. The standard InChI is InChI=1S/C12H21N.C2H4O2/c1-3-5-7-12-8-10-13(11-12)9-6-4-2;1-2(3)4/h8,10-11H,3-7,9H2,1-2H3;1H3,(H,3,4). The summed E-state index contributed by atoms with van der Waals surface area (Å²) in [5.74, 6) is -0.833. The third-order valence-corrected chi connectivity index (χ3v) is 2.40. The van der Waals surface area contributed by atoms with Crippen molar-refractivity contribution in [3.05, 3.63) is 24.0 Å². The van der Waals surface area contributed by atoms with Gasteiger partial charge in [-0.15, -0.1) is 0 Å². The molecule has 98 valence electrons. The smallest absolute Gasteiger partial charge is 0.300 e. The summed E-state index contributed by atoms with van der Waals surface area (Å²) >= 11 is 0. The van der Waals surface area contributed by atoms with E-state index in [9.17, 15) is 0 Å². The first-order valence-electron chi connectivity index (χ1n) is 6.44. The molecular formula is C14H25NO2. The number of aliphatic carboxylic acids is 1. The minimum Gasteiger partial charge on any atom is -0.481 e. The highest BCUT2D eigenvalue weighted by atomic mass is 16.4. The Kier molecular flexibility index (Phi) is 9.21. The van der Waals surface area contributed by atoms with Gasteiger partial charge in [-0.05, 0) is 30.9 Å². The minimum atomic E-state index is -0.833. The summed E-state index contributed by atoms with van der Waals surface area (Å²) in [7, 11) is 0. The number of carboxylic acid groups (broad SMARTS) is 1. The number of unbranched alkanes of at least 4 members (excludes halogenated alkanes) is 2. The van der Waals surface area contributed by atoms with E-state index in [1.807, 2.05) is 0 Å². The van der Waals surface area contributed by atoms with Gasteiger partial charge in [-0.2, -0.15) is 0 Å². The normalized spacial score (nSPS) is 9.59. The van der Waals surface area contributed by atoms with Gasteiger partial charge in [0, 0.05) is 25.9 Å². The van der Waals surface area contributed by atoms with E-state index in [0.717, 1.165) is 6.92 Å². The number of aromatic nitrogens is 1. The van der Waals surface area contributed by atoms with E-state index in [1.54, 1.807) is 0 Å². The van der Waals surface area contributed by atoms with Crippen LogP contribution >= 0.6 is 0 Å². The van der Waals surface area contributed by atoms with Crippen LogP contribution in [0.1, 0.15) is 52.0 Å². The van der Waals surface area contributed by atoms with Gasteiger partial charge in [0.1, 0.15) is 0 Å². The number of nitrogens with zero attached hydrogens (tertiary/aromatic N) is 1. The molecule has 17 heavy (non-hydrogen) atoms. The Labute approximate surface area is 104 Å². The SMILES string of the molecule is CC(=O)O.CCCCc1ccn(CCCC)c1. The summed E-state index contributed by atoms with van der Waals surface area (Å²) in [5, 5.41) is 7.42. The highest BCUT2D eigenvalue weighted by molar-refractivity contribution is 5.62. The maximum absolute atomic E-state index is 9.00. The van der Waals surface area contributed by atoms with Crippen LogP contribution in [0.3, 0.4) is 0 Å². The van der Waals surface area contributed by atoms with Crippen LogP contribution in [0.4, 0.5) is 0 Å². The van der Waals surface area contributed by atoms with Crippen molar-refractivity contribution >= 4 is 5.97 Å². The van der Waals surface area contributed by atoms with Crippen LogP contribution < -0.4 is 0 Å². The largest absolute Gasteiger partial charge is 0.481 e. The van der Waals surface area contributed by atoms with Crippen molar-refractivity contribution in [2.24, 2.45) is 0 Å². The molecule has 3 heteroatoms. The Morgan fingerprint density at radius 2 is 1.88 bits per heavy atom. The second-order valence-electron chi connectivity index (χ2n) is 4.23. The second kappa shape index (κ2) is 9.94. The monoisotopic (exact) mass is 239 g/mol. The lowest BCUT2D eigenvalue weighted by atomic mass is 10.2. The molecule has 1 N–H and O–H groups in total. The zero-order valence-corrected chi connectivity index (χ0v) is 11.3. The fourth-order valence-electron chi connectivity index (χ4n) is 1.50. The number of aryl methyl sites for hydroxylation is 2. The van der Waals surface area contributed by atoms with E-state index >= 15 is 0 Å². The number of carbonyl (C=O) groups is 1. The maximum Gasteiger partial charge on any atom is 0.300 e. The first-order chi connectivity index (χ1) is 8.10. The van der Waals surface area contributed by atoms with Crippen LogP contribution in [0, 0.1) is 0 Å². The predicted molar refractivity (Wildman–Crippen MR) is 71.3 cm³/mol. The average Bonchev–Trinajstić information content (AvgIpc) is 2.70. The van der Waals surface area contributed by atoms with Crippen LogP contribution in [0.15, 0.2) is 18.5 Å². The van der Waals surface area contributed by atoms with E-state index in [4.69, 9.17) is 9.90 Å². The fourth-order valence-corrected chi connectivity index (χ4v) is 1.50. The van der Waals surface area contributed by atoms with Gasteiger partial charge in [0.25, 0.3) is 5.97 Å². The lowest BCUT2D eigenvalue weighted by Crippen LogP contribution is -1.93. The van der Waals surface area contributed by atoms with Gasteiger partial charge in [0.2, 0.25) is 0 Å². The van der Waals surface area contributed by atoms with Gasteiger partial charge >= 0.3 is 0 Å². The Morgan fingerprint density at radius 3 is 2.41 bits per heavy atom. The molecule has 0 bridgehead atoms. The molecule has 0 atom stereocenters. The van der Waals surface area contributed by atoms with Crippen molar-refractivity contribution in [3.8, 4) is 0 Å². The fraction of sp³-hybridized carbons (Fsp3) is 0.643. The van der Waals surface area contributed by atoms with Gasteiger partial charge in [-0.1, -0.05) is 26.7 Å². The molecular weight excluding hydrogens is 214 g/mol. The topological polar surface area (TPSA) is 42.2 Å². The lowest BCUT2D eigenvalue weighted by molar-refractivity contribution is -0.134. The molecule has 0 radical (unpaired) electrons. The third kappa shape index (κ3) is 9.67. The molecule has 0 saturated heterocycles. The summed E-state index contributed by atoms with van der Waals surface area (Å²) in [6, 6.07) is 2.26. The molecule has 0 amide bonds. The Hall–Kier alpha value is -1.25. The summed E-state index contributed by atoms with van der Waals surface area (Å²) in [6.07, 6.45) is 10.9. The van der Waals surface area contributed by atoms with Crippen molar-refractivity contribution in [3.63, 3.8) is 0 Å². The predicted octanol–water partition coefficient (Wildman–Crippen LogP) is 3.72. The molecule has 1 aromatic rings.